The minimum Gasteiger partial charge on any atom is -0.508 e. The number of phenolic OH excluding ortho intramolecular Hbond substituents is 1. The van der Waals surface area contributed by atoms with Crippen LogP contribution in [0.2, 0.25) is 0 Å². The summed E-state index contributed by atoms with van der Waals surface area (Å²) in [6, 6.07) is 4.24. The molecule has 0 aliphatic rings. The van der Waals surface area contributed by atoms with Gasteiger partial charge in [0.15, 0.2) is 5.75 Å². The van der Waals surface area contributed by atoms with Crippen molar-refractivity contribution >= 4 is 16.1 Å². The van der Waals surface area contributed by atoms with E-state index in [2.05, 4.69) is 4.74 Å². The first-order valence-corrected chi connectivity index (χ1v) is 5.85. The van der Waals surface area contributed by atoms with Crippen molar-refractivity contribution in [1.82, 2.24) is 0 Å². The monoisotopic (exact) mass is 246 g/mol. The van der Waals surface area contributed by atoms with Crippen LogP contribution in [-0.2, 0) is 14.9 Å². The quantitative estimate of drug-likeness (QED) is 0.457. The van der Waals surface area contributed by atoms with E-state index in [4.69, 9.17) is 4.55 Å². The molecule has 88 valence electrons. The van der Waals surface area contributed by atoms with Gasteiger partial charge < -0.3 is 9.84 Å². The van der Waals surface area contributed by atoms with Gasteiger partial charge in [-0.2, -0.15) is 8.42 Å². The van der Waals surface area contributed by atoms with Crippen LogP contribution in [0.1, 0.15) is 5.56 Å². The number of hydrogen-bond donors (Lipinski definition) is 2. The zero-order valence-corrected chi connectivity index (χ0v) is 9.19. The zero-order valence-electron chi connectivity index (χ0n) is 8.37. The number of ether oxygens (including phenoxy) is 1. The van der Waals surface area contributed by atoms with Crippen molar-refractivity contribution in [1.29, 1.82) is 0 Å². The first-order chi connectivity index (χ1) is 7.29. The van der Waals surface area contributed by atoms with E-state index in [1.165, 1.54) is 25.1 Å². The van der Waals surface area contributed by atoms with Crippen molar-refractivity contribution < 1.29 is 27.6 Å². The molecule has 6 nitrogen and oxygen atoms in total. The Morgan fingerprint density at radius 3 is 2.62 bits per heavy atom. The minimum atomic E-state index is -4.40. The van der Waals surface area contributed by atoms with Crippen molar-refractivity contribution in [3.8, 4) is 11.5 Å². The van der Waals surface area contributed by atoms with E-state index in [0.29, 0.717) is 5.56 Å². The lowest BCUT2D eigenvalue weighted by Gasteiger charge is -2.07. The van der Waals surface area contributed by atoms with Crippen LogP contribution in [0.4, 0.5) is 0 Å². The van der Waals surface area contributed by atoms with Gasteiger partial charge in [0.05, 0.1) is 0 Å². The standard InChI is InChI=1S/C9H10O6S/c1-6-7(10)3-2-4-8(6)15-9(11)5-16(12,13)14/h2-4,10H,5H2,1H3,(H,12,13,14). The van der Waals surface area contributed by atoms with E-state index in [9.17, 15) is 18.3 Å². The third-order valence-corrected chi connectivity index (χ3v) is 2.38. The van der Waals surface area contributed by atoms with Crippen molar-refractivity contribution in [2.75, 3.05) is 5.75 Å². The zero-order chi connectivity index (χ0) is 12.3. The number of carbonyl (C=O) groups is 1. The van der Waals surface area contributed by atoms with E-state index in [1.54, 1.807) is 0 Å². The summed E-state index contributed by atoms with van der Waals surface area (Å²) >= 11 is 0. The summed E-state index contributed by atoms with van der Waals surface area (Å²) in [5.41, 5.74) is 0.311. The number of carbonyl (C=O) groups excluding carboxylic acids is 1. The number of hydrogen-bond acceptors (Lipinski definition) is 5. The van der Waals surface area contributed by atoms with Gasteiger partial charge in [-0.1, -0.05) is 6.07 Å². The van der Waals surface area contributed by atoms with Gasteiger partial charge in [-0.15, -0.1) is 0 Å². The lowest BCUT2D eigenvalue weighted by molar-refractivity contribution is -0.131. The number of phenols is 1. The molecule has 0 saturated carbocycles. The van der Waals surface area contributed by atoms with Crippen LogP contribution in [0.5, 0.6) is 11.5 Å². The average molecular weight is 246 g/mol. The molecule has 0 aromatic heterocycles. The second kappa shape index (κ2) is 4.50. The van der Waals surface area contributed by atoms with E-state index < -0.39 is 21.8 Å². The van der Waals surface area contributed by atoms with Gasteiger partial charge in [-0.25, -0.2) is 0 Å². The number of benzene rings is 1. The summed E-state index contributed by atoms with van der Waals surface area (Å²) in [5, 5.41) is 9.29. The first-order valence-electron chi connectivity index (χ1n) is 4.24. The Morgan fingerprint density at radius 1 is 1.44 bits per heavy atom. The molecule has 1 rings (SSSR count). The molecule has 0 spiro atoms. The molecule has 2 N–H and O–H groups in total. The van der Waals surface area contributed by atoms with Crippen molar-refractivity contribution in [3.05, 3.63) is 23.8 Å². The maximum absolute atomic E-state index is 11.0. The molecule has 1 aromatic rings. The van der Waals surface area contributed by atoms with Gasteiger partial charge in [0.25, 0.3) is 10.1 Å². The van der Waals surface area contributed by atoms with E-state index >= 15 is 0 Å². The maximum Gasteiger partial charge on any atom is 0.329 e. The fourth-order valence-corrected chi connectivity index (χ4v) is 1.37. The Bertz CT molecular complexity index is 505. The SMILES string of the molecule is Cc1c(O)cccc1OC(=O)CS(=O)(=O)O. The first kappa shape index (κ1) is 12.5. The molecule has 0 bridgehead atoms. The molecule has 0 aliphatic carbocycles. The highest BCUT2D eigenvalue weighted by molar-refractivity contribution is 7.86. The van der Waals surface area contributed by atoms with Crippen LogP contribution in [-0.4, -0.2) is 29.8 Å². The summed E-state index contributed by atoms with van der Waals surface area (Å²) in [7, 11) is -4.40. The van der Waals surface area contributed by atoms with Crippen molar-refractivity contribution in [3.63, 3.8) is 0 Å². The summed E-state index contributed by atoms with van der Waals surface area (Å²) in [4.78, 5) is 11.0. The number of rotatable bonds is 3. The lowest BCUT2D eigenvalue weighted by atomic mass is 10.2. The smallest absolute Gasteiger partial charge is 0.329 e. The largest absolute Gasteiger partial charge is 0.508 e. The molecule has 1 aromatic carbocycles. The Balaban J connectivity index is 2.82. The van der Waals surface area contributed by atoms with Crippen LogP contribution >= 0.6 is 0 Å². The fraction of sp³-hybridized carbons (Fsp3) is 0.222. The molecule has 7 heteroatoms. The van der Waals surface area contributed by atoms with Gasteiger partial charge in [0.1, 0.15) is 11.5 Å². The van der Waals surface area contributed by atoms with E-state index in [-0.39, 0.29) is 11.5 Å². The normalized spacial score (nSPS) is 11.1. The van der Waals surface area contributed by atoms with E-state index in [0.717, 1.165) is 0 Å². The molecule has 0 radical (unpaired) electrons. The molecular weight excluding hydrogens is 236 g/mol. The molecule has 0 aliphatic heterocycles. The summed E-state index contributed by atoms with van der Waals surface area (Å²) < 4.78 is 33.9. The predicted octanol–water partition coefficient (Wildman–Crippen LogP) is 0.494. The van der Waals surface area contributed by atoms with Gasteiger partial charge >= 0.3 is 5.97 Å². The average Bonchev–Trinajstić information content (AvgIpc) is 2.09. The van der Waals surface area contributed by atoms with Crippen LogP contribution in [0.15, 0.2) is 18.2 Å². The minimum absolute atomic E-state index is 0.0497. The highest BCUT2D eigenvalue weighted by Crippen LogP contribution is 2.25. The molecule has 0 atom stereocenters. The van der Waals surface area contributed by atoms with Crippen LogP contribution in [0.25, 0.3) is 0 Å². The molecular formula is C9H10O6S. The van der Waals surface area contributed by atoms with Crippen LogP contribution < -0.4 is 4.74 Å². The Morgan fingerprint density at radius 2 is 2.06 bits per heavy atom. The topological polar surface area (TPSA) is 101 Å². The van der Waals surface area contributed by atoms with Crippen molar-refractivity contribution in [2.45, 2.75) is 6.92 Å². The van der Waals surface area contributed by atoms with E-state index in [1.807, 2.05) is 0 Å². The summed E-state index contributed by atoms with van der Waals surface area (Å²) in [6.07, 6.45) is 0. The lowest BCUT2D eigenvalue weighted by Crippen LogP contribution is -2.20. The number of aromatic hydroxyl groups is 1. The molecule has 0 heterocycles. The van der Waals surface area contributed by atoms with Crippen LogP contribution in [0, 0.1) is 6.92 Å². The van der Waals surface area contributed by atoms with Gasteiger partial charge in [0, 0.05) is 5.56 Å². The maximum atomic E-state index is 11.0. The Kier molecular flexibility index (Phi) is 3.51. The highest BCUT2D eigenvalue weighted by Gasteiger charge is 2.16. The Labute approximate surface area is 92.2 Å². The third kappa shape index (κ3) is 3.52. The highest BCUT2D eigenvalue weighted by atomic mass is 32.2. The summed E-state index contributed by atoms with van der Waals surface area (Å²) in [5.74, 6) is -2.26. The van der Waals surface area contributed by atoms with Gasteiger partial charge in [-0.05, 0) is 19.1 Å². The van der Waals surface area contributed by atoms with Crippen molar-refractivity contribution in [2.24, 2.45) is 0 Å². The van der Waals surface area contributed by atoms with Gasteiger partial charge in [-0.3, -0.25) is 9.35 Å². The van der Waals surface area contributed by atoms with Gasteiger partial charge in [0.2, 0.25) is 0 Å². The molecule has 0 fully saturated rings. The molecule has 0 amide bonds. The molecule has 16 heavy (non-hydrogen) atoms. The molecule has 0 saturated heterocycles. The molecule has 0 unspecified atom stereocenters. The third-order valence-electron chi connectivity index (χ3n) is 1.78. The Hall–Kier alpha value is -1.60. The second-order valence-electron chi connectivity index (χ2n) is 3.10. The predicted molar refractivity (Wildman–Crippen MR) is 54.9 cm³/mol. The summed E-state index contributed by atoms with van der Waals surface area (Å²) in [6.45, 7) is 1.51. The second-order valence-corrected chi connectivity index (χ2v) is 4.55. The van der Waals surface area contributed by atoms with Crippen LogP contribution in [0.3, 0.4) is 0 Å². The number of esters is 1. The fourth-order valence-electron chi connectivity index (χ4n) is 1.01.